The zero-order chi connectivity index (χ0) is 12.8. The second-order valence-corrected chi connectivity index (χ2v) is 4.75. The first kappa shape index (κ1) is 14.8. The molecule has 0 bridgehead atoms. The number of halogens is 5. The Labute approximate surface area is 112 Å². The third kappa shape index (κ3) is 5.27. The monoisotopic (exact) mass is 329 g/mol. The minimum atomic E-state index is -2.40. The van der Waals surface area contributed by atoms with Crippen LogP contribution in [0.3, 0.4) is 0 Å². The van der Waals surface area contributed by atoms with Gasteiger partial charge in [0.25, 0.3) is 6.43 Å². The maximum absolute atomic E-state index is 12.8. The number of rotatable bonds is 6. The largest absolute Gasteiger partial charge is 0.293 e. The Bertz CT molecular complexity index is 363. The third-order valence-electron chi connectivity index (χ3n) is 2.21. The molecule has 0 heterocycles. The Balaban J connectivity index is 2.71. The van der Waals surface area contributed by atoms with Crippen LogP contribution < -0.4 is 0 Å². The molecule has 0 spiro atoms. The van der Waals surface area contributed by atoms with Crippen LogP contribution in [0, 0.1) is 5.82 Å². The molecular weight excluding hydrogens is 318 g/mol. The van der Waals surface area contributed by atoms with Crippen LogP contribution in [0.5, 0.6) is 0 Å². The summed E-state index contributed by atoms with van der Waals surface area (Å²) < 4.78 is 37.5. The molecule has 0 aromatic heterocycles. The summed E-state index contributed by atoms with van der Waals surface area (Å²) in [5.41, 5.74) is 0.648. The summed E-state index contributed by atoms with van der Waals surface area (Å²) >= 11 is 9.05. The van der Waals surface area contributed by atoms with E-state index < -0.39 is 12.2 Å². The van der Waals surface area contributed by atoms with Crippen LogP contribution >= 0.6 is 27.5 Å². The molecule has 0 fully saturated rings. The van der Waals surface area contributed by atoms with Gasteiger partial charge in [0, 0.05) is 23.4 Å². The molecule has 0 amide bonds. The van der Waals surface area contributed by atoms with Crippen molar-refractivity contribution in [2.24, 2.45) is 0 Å². The van der Waals surface area contributed by atoms with E-state index in [1.807, 2.05) is 0 Å². The van der Waals surface area contributed by atoms with E-state index in [2.05, 4.69) is 15.9 Å². The summed E-state index contributed by atoms with van der Waals surface area (Å²) in [6.45, 7) is 0.451. The summed E-state index contributed by atoms with van der Waals surface area (Å²) in [6.07, 6.45) is -2.40. The highest BCUT2D eigenvalue weighted by molar-refractivity contribution is 9.09. The Morgan fingerprint density at radius 2 is 2.06 bits per heavy atom. The van der Waals surface area contributed by atoms with Crippen LogP contribution in [0.4, 0.5) is 13.2 Å². The van der Waals surface area contributed by atoms with E-state index in [1.165, 1.54) is 18.2 Å². The summed E-state index contributed by atoms with van der Waals surface area (Å²) in [7, 11) is 0. The second-order valence-electron chi connectivity index (χ2n) is 3.55. The first-order chi connectivity index (χ1) is 8.02. The first-order valence-corrected chi connectivity index (χ1v) is 6.53. The lowest BCUT2D eigenvalue weighted by Gasteiger charge is -2.21. The highest BCUT2D eigenvalue weighted by atomic mass is 79.9. The standard InChI is InChI=1S/C11H12BrClF3N/c12-3-4-17(7-11(15)16)6-8-1-2-9(14)5-10(8)13/h1-2,5,11H,3-4,6-7H2. The van der Waals surface area contributed by atoms with Gasteiger partial charge in [0.05, 0.1) is 6.54 Å². The molecule has 0 radical (unpaired) electrons. The molecule has 0 aliphatic carbocycles. The molecule has 1 aromatic carbocycles. The molecule has 0 aliphatic heterocycles. The maximum Gasteiger partial charge on any atom is 0.251 e. The van der Waals surface area contributed by atoms with E-state index in [0.717, 1.165) is 0 Å². The Morgan fingerprint density at radius 1 is 1.35 bits per heavy atom. The van der Waals surface area contributed by atoms with Gasteiger partial charge >= 0.3 is 0 Å². The van der Waals surface area contributed by atoms with Gasteiger partial charge in [-0.2, -0.15) is 0 Å². The summed E-state index contributed by atoms with van der Waals surface area (Å²) in [5, 5.41) is 0.859. The molecule has 96 valence electrons. The first-order valence-electron chi connectivity index (χ1n) is 5.03. The van der Waals surface area contributed by atoms with Gasteiger partial charge < -0.3 is 0 Å². The Kier molecular flexibility index (Phi) is 6.30. The molecule has 1 nitrogen and oxygen atoms in total. The summed E-state index contributed by atoms with van der Waals surface area (Å²) in [5.74, 6) is -0.431. The topological polar surface area (TPSA) is 3.24 Å². The van der Waals surface area contributed by atoms with E-state index in [1.54, 1.807) is 4.90 Å². The number of benzene rings is 1. The van der Waals surface area contributed by atoms with E-state index in [-0.39, 0.29) is 18.1 Å². The average Bonchev–Trinajstić information content (AvgIpc) is 2.21. The normalized spacial score (nSPS) is 11.5. The van der Waals surface area contributed by atoms with Crippen molar-refractivity contribution in [3.8, 4) is 0 Å². The summed E-state index contributed by atoms with van der Waals surface area (Å²) in [4.78, 5) is 1.57. The van der Waals surface area contributed by atoms with Crippen molar-refractivity contribution >= 4 is 27.5 Å². The highest BCUT2D eigenvalue weighted by Crippen LogP contribution is 2.19. The minimum absolute atomic E-state index is 0.263. The van der Waals surface area contributed by atoms with Gasteiger partial charge in [-0.1, -0.05) is 33.6 Å². The lowest BCUT2D eigenvalue weighted by atomic mass is 10.2. The lowest BCUT2D eigenvalue weighted by Crippen LogP contribution is -2.30. The molecule has 6 heteroatoms. The van der Waals surface area contributed by atoms with E-state index >= 15 is 0 Å². The predicted molar refractivity (Wildman–Crippen MR) is 66.5 cm³/mol. The fourth-order valence-corrected chi connectivity index (χ4v) is 2.17. The predicted octanol–water partition coefficient (Wildman–Crippen LogP) is 3.94. The number of alkyl halides is 3. The molecule has 1 aromatic rings. The van der Waals surface area contributed by atoms with Crippen LogP contribution in [0.15, 0.2) is 18.2 Å². The molecule has 0 aliphatic rings. The smallest absolute Gasteiger partial charge is 0.251 e. The quantitative estimate of drug-likeness (QED) is 0.714. The van der Waals surface area contributed by atoms with Crippen LogP contribution in [-0.2, 0) is 6.54 Å². The van der Waals surface area contributed by atoms with Gasteiger partial charge in [-0.15, -0.1) is 0 Å². The SMILES string of the molecule is Fc1ccc(CN(CCBr)CC(F)F)c(Cl)c1. The van der Waals surface area contributed by atoms with Gasteiger partial charge in [0.1, 0.15) is 5.82 Å². The molecule has 1 rings (SSSR count). The van der Waals surface area contributed by atoms with Crippen LogP contribution in [0.2, 0.25) is 5.02 Å². The van der Waals surface area contributed by atoms with Crippen molar-refractivity contribution in [2.75, 3.05) is 18.4 Å². The number of nitrogens with zero attached hydrogens (tertiary/aromatic N) is 1. The fourth-order valence-electron chi connectivity index (χ4n) is 1.44. The van der Waals surface area contributed by atoms with E-state index in [4.69, 9.17) is 11.6 Å². The Hall–Kier alpha value is -0.260. The van der Waals surface area contributed by atoms with Crippen LogP contribution in [0.25, 0.3) is 0 Å². The molecule has 0 saturated carbocycles. The van der Waals surface area contributed by atoms with Crippen molar-refractivity contribution < 1.29 is 13.2 Å². The van der Waals surface area contributed by atoms with Crippen molar-refractivity contribution in [2.45, 2.75) is 13.0 Å². The Morgan fingerprint density at radius 3 is 2.59 bits per heavy atom. The fraction of sp³-hybridized carbons (Fsp3) is 0.455. The molecule has 0 saturated heterocycles. The third-order valence-corrected chi connectivity index (χ3v) is 2.91. The molecular formula is C11H12BrClF3N. The van der Waals surface area contributed by atoms with Crippen molar-refractivity contribution in [3.05, 3.63) is 34.6 Å². The molecule has 0 unspecified atom stereocenters. The van der Waals surface area contributed by atoms with Crippen LogP contribution in [-0.4, -0.2) is 29.7 Å². The zero-order valence-electron chi connectivity index (χ0n) is 8.97. The van der Waals surface area contributed by atoms with E-state index in [9.17, 15) is 13.2 Å². The van der Waals surface area contributed by atoms with Gasteiger partial charge in [0.15, 0.2) is 0 Å². The van der Waals surface area contributed by atoms with Gasteiger partial charge in [-0.3, -0.25) is 4.90 Å². The lowest BCUT2D eigenvalue weighted by molar-refractivity contribution is 0.0881. The summed E-state index contributed by atoms with van der Waals surface area (Å²) in [6, 6.07) is 3.98. The maximum atomic E-state index is 12.8. The number of hydrogen-bond acceptors (Lipinski definition) is 1. The van der Waals surface area contributed by atoms with Crippen molar-refractivity contribution in [1.29, 1.82) is 0 Å². The second kappa shape index (κ2) is 7.24. The van der Waals surface area contributed by atoms with Gasteiger partial charge in [-0.05, 0) is 17.7 Å². The van der Waals surface area contributed by atoms with Crippen molar-refractivity contribution in [3.63, 3.8) is 0 Å². The van der Waals surface area contributed by atoms with Gasteiger partial charge in [-0.25, -0.2) is 13.2 Å². The average molecular weight is 331 g/mol. The molecule has 0 N–H and O–H groups in total. The van der Waals surface area contributed by atoms with E-state index in [0.29, 0.717) is 17.4 Å². The highest BCUT2D eigenvalue weighted by Gasteiger charge is 2.13. The zero-order valence-corrected chi connectivity index (χ0v) is 11.3. The minimum Gasteiger partial charge on any atom is -0.293 e. The van der Waals surface area contributed by atoms with Crippen LogP contribution in [0.1, 0.15) is 5.56 Å². The van der Waals surface area contributed by atoms with Crippen molar-refractivity contribution in [1.82, 2.24) is 4.90 Å². The molecule has 17 heavy (non-hydrogen) atoms. The number of hydrogen-bond donors (Lipinski definition) is 0. The van der Waals surface area contributed by atoms with Gasteiger partial charge in [0.2, 0.25) is 0 Å². The molecule has 0 atom stereocenters.